The van der Waals surface area contributed by atoms with Gasteiger partial charge in [0.15, 0.2) is 6.61 Å². The van der Waals surface area contributed by atoms with Crippen LogP contribution in [0.25, 0.3) is 0 Å². The van der Waals surface area contributed by atoms with E-state index < -0.39 is 5.97 Å². The van der Waals surface area contributed by atoms with Crippen LogP contribution >= 0.6 is 11.6 Å². The van der Waals surface area contributed by atoms with Crippen molar-refractivity contribution in [1.29, 1.82) is 0 Å². The Morgan fingerprint density at radius 1 is 1.32 bits per heavy atom. The van der Waals surface area contributed by atoms with Gasteiger partial charge in [0.2, 0.25) is 0 Å². The molecular weight excluding hydrogens is 340 g/mol. The largest absolute Gasteiger partial charge is 0.452 e. The van der Waals surface area contributed by atoms with E-state index in [-0.39, 0.29) is 40.6 Å². The van der Waals surface area contributed by atoms with E-state index in [9.17, 15) is 9.59 Å². The van der Waals surface area contributed by atoms with E-state index in [1.165, 1.54) is 12.1 Å². The molecule has 1 amide bonds. The van der Waals surface area contributed by atoms with Crippen LogP contribution in [0.3, 0.4) is 0 Å². The van der Waals surface area contributed by atoms with Crippen LogP contribution in [0.1, 0.15) is 50.4 Å². The first-order chi connectivity index (χ1) is 11.6. The summed E-state index contributed by atoms with van der Waals surface area (Å²) in [5.41, 5.74) is 6.66. The molecular formula is C19H25ClN2O3. The minimum atomic E-state index is -0.601. The first kappa shape index (κ1) is 18.1. The van der Waals surface area contributed by atoms with Crippen LogP contribution in [-0.2, 0) is 9.53 Å². The summed E-state index contributed by atoms with van der Waals surface area (Å²) in [6, 6.07) is 4.81. The zero-order chi connectivity index (χ0) is 18.4. The third kappa shape index (κ3) is 3.76. The number of hydrogen-bond acceptors (Lipinski definition) is 4. The number of hydrogen-bond donors (Lipinski definition) is 1. The average Bonchev–Trinajstić information content (AvgIpc) is 2.73. The predicted octanol–water partition coefficient (Wildman–Crippen LogP) is 3.51. The van der Waals surface area contributed by atoms with Crippen molar-refractivity contribution >= 4 is 29.2 Å². The molecule has 1 aromatic rings. The lowest BCUT2D eigenvalue weighted by atomic mass is 9.65. The number of nitrogens with two attached hydrogens (primary N) is 1. The second-order valence-electron chi connectivity index (χ2n) is 8.54. The van der Waals surface area contributed by atoms with Crippen molar-refractivity contribution in [3.8, 4) is 0 Å². The Kier molecular flexibility index (Phi) is 4.48. The highest BCUT2D eigenvalue weighted by Crippen LogP contribution is 2.52. The summed E-state index contributed by atoms with van der Waals surface area (Å²) >= 11 is 5.83. The Morgan fingerprint density at radius 2 is 2.04 bits per heavy atom. The Balaban J connectivity index is 1.62. The summed E-state index contributed by atoms with van der Waals surface area (Å²) in [5, 5.41) is 0.449. The highest BCUT2D eigenvalue weighted by atomic mass is 35.5. The van der Waals surface area contributed by atoms with Crippen LogP contribution in [-0.4, -0.2) is 36.0 Å². The molecule has 136 valence electrons. The van der Waals surface area contributed by atoms with Crippen molar-refractivity contribution in [2.75, 3.05) is 18.9 Å². The minimum absolute atomic E-state index is 0.132. The highest BCUT2D eigenvalue weighted by molar-refractivity contribution is 6.31. The van der Waals surface area contributed by atoms with E-state index in [1.54, 1.807) is 6.07 Å². The SMILES string of the molecule is CC1(C)C[C@@H]2C[C@](C)(CN2C(=O)COC(=O)c2ccc(Cl)cc2N)C1. The first-order valence-electron chi connectivity index (χ1n) is 8.60. The molecule has 0 unspecified atom stereocenters. The summed E-state index contributed by atoms with van der Waals surface area (Å²) in [6.45, 7) is 7.24. The number of esters is 1. The van der Waals surface area contributed by atoms with E-state index in [1.807, 2.05) is 4.90 Å². The van der Waals surface area contributed by atoms with E-state index in [0.29, 0.717) is 5.02 Å². The number of carbonyl (C=O) groups is 2. The number of nitrogen functional groups attached to an aromatic ring is 1. The lowest BCUT2D eigenvalue weighted by molar-refractivity contribution is -0.135. The average molecular weight is 365 g/mol. The molecule has 2 aliphatic rings. The first-order valence-corrected chi connectivity index (χ1v) is 8.98. The molecule has 1 saturated heterocycles. The second kappa shape index (κ2) is 6.20. The van der Waals surface area contributed by atoms with Crippen molar-refractivity contribution in [1.82, 2.24) is 4.90 Å². The minimum Gasteiger partial charge on any atom is -0.452 e. The molecule has 5 nitrogen and oxygen atoms in total. The van der Waals surface area contributed by atoms with Crippen molar-refractivity contribution in [2.24, 2.45) is 10.8 Å². The van der Waals surface area contributed by atoms with Gasteiger partial charge in [0, 0.05) is 23.3 Å². The Hall–Kier alpha value is -1.75. The summed E-state index contributed by atoms with van der Waals surface area (Å²) in [7, 11) is 0. The maximum absolute atomic E-state index is 12.6. The van der Waals surface area contributed by atoms with Gasteiger partial charge in [-0.15, -0.1) is 0 Å². The monoisotopic (exact) mass is 364 g/mol. The molecule has 2 fully saturated rings. The van der Waals surface area contributed by atoms with Gasteiger partial charge in [-0.3, -0.25) is 4.79 Å². The van der Waals surface area contributed by atoms with Gasteiger partial charge >= 0.3 is 5.97 Å². The fourth-order valence-corrected chi connectivity index (χ4v) is 4.94. The van der Waals surface area contributed by atoms with Gasteiger partial charge < -0.3 is 15.4 Å². The lowest BCUT2D eigenvalue weighted by Gasteiger charge is -2.39. The number of rotatable bonds is 3. The molecule has 1 aliphatic carbocycles. The Labute approximate surface area is 153 Å². The van der Waals surface area contributed by atoms with Crippen LogP contribution in [0.5, 0.6) is 0 Å². The molecule has 0 aromatic heterocycles. The molecule has 1 heterocycles. The summed E-state index contributed by atoms with van der Waals surface area (Å²) in [4.78, 5) is 26.7. The number of carbonyl (C=O) groups excluding carboxylic acids is 2. The number of anilines is 1. The molecule has 1 aromatic carbocycles. The molecule has 2 N–H and O–H groups in total. The van der Waals surface area contributed by atoms with Gasteiger partial charge in [-0.2, -0.15) is 0 Å². The number of halogens is 1. The quantitative estimate of drug-likeness (QED) is 0.658. The molecule has 6 heteroatoms. The number of nitrogens with zero attached hydrogens (tertiary/aromatic N) is 1. The van der Waals surface area contributed by atoms with E-state index >= 15 is 0 Å². The van der Waals surface area contributed by atoms with Crippen molar-refractivity contribution in [2.45, 2.75) is 46.1 Å². The standard InChI is InChI=1S/C19H25ClN2O3/c1-18(2)7-13-8-19(3,10-18)11-22(13)16(23)9-25-17(24)14-5-4-12(20)6-15(14)21/h4-6,13H,7-11,21H2,1-3H3/t13-,19+/m1/s1. The molecule has 0 spiro atoms. The molecule has 2 atom stereocenters. The summed E-state index contributed by atoms with van der Waals surface area (Å²) in [6.07, 6.45) is 3.13. The summed E-state index contributed by atoms with van der Waals surface area (Å²) < 4.78 is 5.20. The van der Waals surface area contributed by atoms with Gasteiger partial charge in [-0.05, 0) is 48.3 Å². The van der Waals surface area contributed by atoms with Crippen molar-refractivity contribution in [3.63, 3.8) is 0 Å². The third-order valence-corrected chi connectivity index (χ3v) is 5.53. The topological polar surface area (TPSA) is 72.6 Å². The number of ether oxygens (including phenoxy) is 1. The van der Waals surface area contributed by atoms with Crippen molar-refractivity contribution < 1.29 is 14.3 Å². The van der Waals surface area contributed by atoms with Crippen LogP contribution in [0.2, 0.25) is 5.02 Å². The van der Waals surface area contributed by atoms with Gasteiger partial charge in [0.05, 0.1) is 5.56 Å². The van der Waals surface area contributed by atoms with E-state index in [0.717, 1.165) is 25.8 Å². The molecule has 1 aliphatic heterocycles. The zero-order valence-electron chi connectivity index (χ0n) is 15.0. The second-order valence-corrected chi connectivity index (χ2v) is 8.98. The number of benzene rings is 1. The molecule has 1 saturated carbocycles. The number of amides is 1. The van der Waals surface area contributed by atoms with Crippen LogP contribution < -0.4 is 5.73 Å². The van der Waals surface area contributed by atoms with Crippen molar-refractivity contribution in [3.05, 3.63) is 28.8 Å². The fourth-order valence-electron chi connectivity index (χ4n) is 4.76. The van der Waals surface area contributed by atoms with E-state index in [4.69, 9.17) is 22.1 Å². The maximum atomic E-state index is 12.6. The summed E-state index contributed by atoms with van der Waals surface area (Å²) in [5.74, 6) is -0.733. The van der Waals surface area contributed by atoms with Crippen LogP contribution in [0.15, 0.2) is 18.2 Å². The molecule has 3 rings (SSSR count). The predicted molar refractivity (Wildman–Crippen MR) is 97.4 cm³/mol. The van der Waals surface area contributed by atoms with Crippen LogP contribution in [0, 0.1) is 10.8 Å². The lowest BCUT2D eigenvalue weighted by Crippen LogP contribution is -2.39. The van der Waals surface area contributed by atoms with Gasteiger partial charge in [-0.25, -0.2) is 4.79 Å². The Morgan fingerprint density at radius 3 is 2.72 bits per heavy atom. The number of likely N-dealkylation sites (tertiary alicyclic amines) is 1. The molecule has 2 bridgehead atoms. The van der Waals surface area contributed by atoms with Gasteiger partial charge in [0.25, 0.3) is 5.91 Å². The highest BCUT2D eigenvalue weighted by Gasteiger charge is 2.50. The smallest absolute Gasteiger partial charge is 0.340 e. The maximum Gasteiger partial charge on any atom is 0.340 e. The number of fused-ring (bicyclic) bond motifs is 2. The van der Waals surface area contributed by atoms with Gasteiger partial charge in [0.1, 0.15) is 0 Å². The fraction of sp³-hybridized carbons (Fsp3) is 0.579. The zero-order valence-corrected chi connectivity index (χ0v) is 15.7. The van der Waals surface area contributed by atoms with Gasteiger partial charge in [-0.1, -0.05) is 32.4 Å². The molecule has 0 radical (unpaired) electrons. The van der Waals surface area contributed by atoms with E-state index in [2.05, 4.69) is 20.8 Å². The molecule has 25 heavy (non-hydrogen) atoms. The van der Waals surface area contributed by atoms with Crippen LogP contribution in [0.4, 0.5) is 5.69 Å². The third-order valence-electron chi connectivity index (χ3n) is 5.30. The normalized spacial score (nSPS) is 27.2. The Bertz CT molecular complexity index is 719.